The Bertz CT molecular complexity index is 1480. The second kappa shape index (κ2) is 12.7. The standard InChI is InChI=1S/C31H32FN3O5/c1-19(2)29(20-6-8-27(22(15-20)18-33)39-23-9-13-38-14-10-23)30-26(34-3)17-28(40-30)24-7-5-21(16-25(24)32)31(37)35(4)11-12-36/h5-8,15-17,23,36H,3,9-14H2,1-2,4H3. The summed E-state index contributed by atoms with van der Waals surface area (Å²) in [6.07, 6.45) is 1.52. The lowest BCUT2D eigenvalue weighted by Gasteiger charge is -2.24. The minimum Gasteiger partial charge on any atom is -0.489 e. The molecule has 1 amide bonds. The topological polar surface area (TPSA) is 108 Å². The number of aliphatic hydroxyl groups is 1. The van der Waals surface area contributed by atoms with Gasteiger partial charge in [0.25, 0.3) is 5.91 Å². The van der Waals surface area contributed by atoms with Gasteiger partial charge in [-0.1, -0.05) is 11.6 Å². The Kier molecular flexibility index (Phi) is 9.15. The number of hydrogen-bond donors (Lipinski definition) is 1. The van der Waals surface area contributed by atoms with E-state index in [1.165, 1.54) is 24.1 Å². The summed E-state index contributed by atoms with van der Waals surface area (Å²) in [6, 6.07) is 13.3. The number of furan rings is 1. The number of ether oxygens (including phenoxy) is 2. The number of aliphatic hydroxyl groups excluding tert-OH is 1. The van der Waals surface area contributed by atoms with Crippen LogP contribution in [0.3, 0.4) is 0 Å². The maximum absolute atomic E-state index is 15.2. The number of aliphatic imine (C=N–C) groups is 1. The molecule has 8 nitrogen and oxygen atoms in total. The van der Waals surface area contributed by atoms with E-state index in [1.807, 2.05) is 19.9 Å². The smallest absolute Gasteiger partial charge is 0.253 e. The van der Waals surface area contributed by atoms with E-state index < -0.39 is 11.7 Å². The SMILES string of the molecule is C=Nc1cc(-c2ccc(C(=O)N(C)CCO)cc2F)oc1C(=C(C)C)c1ccc(OC2CCOCC2)c(C#N)c1. The summed E-state index contributed by atoms with van der Waals surface area (Å²) in [5.41, 5.74) is 3.41. The summed E-state index contributed by atoms with van der Waals surface area (Å²) >= 11 is 0. The van der Waals surface area contributed by atoms with Crippen molar-refractivity contribution in [1.82, 2.24) is 4.90 Å². The Morgan fingerprint density at radius 2 is 1.93 bits per heavy atom. The van der Waals surface area contributed by atoms with E-state index in [-0.39, 0.29) is 36.1 Å². The van der Waals surface area contributed by atoms with Gasteiger partial charge in [-0.25, -0.2) is 4.39 Å². The Morgan fingerprint density at radius 3 is 2.55 bits per heavy atom. The van der Waals surface area contributed by atoms with Crippen LogP contribution in [0.5, 0.6) is 5.75 Å². The Labute approximate surface area is 233 Å². The molecule has 0 radical (unpaired) electrons. The molecule has 40 heavy (non-hydrogen) atoms. The number of rotatable bonds is 9. The fourth-order valence-corrected chi connectivity index (χ4v) is 4.63. The molecular formula is C31H32FN3O5. The van der Waals surface area contributed by atoms with Crippen molar-refractivity contribution in [2.24, 2.45) is 4.99 Å². The van der Waals surface area contributed by atoms with Crippen molar-refractivity contribution in [1.29, 1.82) is 5.26 Å². The molecule has 2 aromatic carbocycles. The molecule has 1 saturated heterocycles. The monoisotopic (exact) mass is 545 g/mol. The number of carbonyl (C=O) groups excluding carboxylic acids is 1. The average Bonchev–Trinajstić information content (AvgIpc) is 3.37. The summed E-state index contributed by atoms with van der Waals surface area (Å²) < 4.78 is 32.9. The van der Waals surface area contributed by atoms with Gasteiger partial charge >= 0.3 is 0 Å². The highest BCUT2D eigenvalue weighted by Gasteiger charge is 2.23. The van der Waals surface area contributed by atoms with Crippen molar-refractivity contribution in [3.8, 4) is 23.1 Å². The largest absolute Gasteiger partial charge is 0.489 e. The highest BCUT2D eigenvalue weighted by atomic mass is 19.1. The molecule has 9 heteroatoms. The minimum atomic E-state index is -0.640. The van der Waals surface area contributed by atoms with Crippen LogP contribution in [0.15, 0.2) is 57.4 Å². The van der Waals surface area contributed by atoms with Gasteiger partial charge in [0.2, 0.25) is 0 Å². The van der Waals surface area contributed by atoms with Crippen LogP contribution in [0.4, 0.5) is 10.1 Å². The van der Waals surface area contributed by atoms with Crippen LogP contribution in [0.2, 0.25) is 0 Å². The minimum absolute atomic E-state index is 0.00881. The number of likely N-dealkylation sites (N-methyl/N-ethyl adjacent to an activating group) is 1. The van der Waals surface area contributed by atoms with E-state index in [0.717, 1.165) is 30.0 Å². The predicted molar refractivity (Wildman–Crippen MR) is 150 cm³/mol. The first-order valence-electron chi connectivity index (χ1n) is 13.0. The van der Waals surface area contributed by atoms with Crippen molar-refractivity contribution in [3.05, 3.63) is 76.3 Å². The van der Waals surface area contributed by atoms with Gasteiger partial charge in [0.1, 0.15) is 35.2 Å². The Hall–Kier alpha value is -4.26. The molecule has 1 aliphatic rings. The van der Waals surface area contributed by atoms with E-state index in [9.17, 15) is 10.1 Å². The van der Waals surface area contributed by atoms with Crippen molar-refractivity contribution < 1.29 is 28.2 Å². The molecule has 0 saturated carbocycles. The third-order valence-corrected chi connectivity index (χ3v) is 6.72. The van der Waals surface area contributed by atoms with Crippen LogP contribution < -0.4 is 4.74 Å². The van der Waals surface area contributed by atoms with E-state index >= 15 is 4.39 Å². The van der Waals surface area contributed by atoms with Crippen LogP contribution in [0.1, 0.15) is 53.9 Å². The van der Waals surface area contributed by atoms with Crippen LogP contribution >= 0.6 is 0 Å². The van der Waals surface area contributed by atoms with Gasteiger partial charge in [-0.05, 0) is 56.5 Å². The maximum Gasteiger partial charge on any atom is 0.253 e. The molecule has 1 fully saturated rings. The van der Waals surface area contributed by atoms with Crippen molar-refractivity contribution >= 4 is 23.9 Å². The van der Waals surface area contributed by atoms with E-state index in [0.29, 0.717) is 41.5 Å². The lowest BCUT2D eigenvalue weighted by Crippen LogP contribution is -2.29. The van der Waals surface area contributed by atoms with Crippen LogP contribution in [-0.4, -0.2) is 62.1 Å². The number of halogens is 1. The fraction of sp³-hybridized carbons (Fsp3) is 0.323. The van der Waals surface area contributed by atoms with Gasteiger partial charge in [-0.3, -0.25) is 9.79 Å². The lowest BCUT2D eigenvalue weighted by molar-refractivity contribution is 0.0254. The molecule has 1 aliphatic heterocycles. The van der Waals surface area contributed by atoms with Crippen molar-refractivity contribution in [2.45, 2.75) is 32.8 Å². The highest BCUT2D eigenvalue weighted by Crippen LogP contribution is 2.41. The Morgan fingerprint density at radius 1 is 1.20 bits per heavy atom. The number of amides is 1. The molecule has 3 aromatic rings. The van der Waals surface area contributed by atoms with Crippen molar-refractivity contribution in [2.75, 3.05) is 33.4 Å². The van der Waals surface area contributed by atoms with Gasteiger partial charge in [0.05, 0.1) is 30.9 Å². The average molecular weight is 546 g/mol. The molecule has 2 heterocycles. The number of allylic oxidation sites excluding steroid dienone is 1. The molecule has 208 valence electrons. The van der Waals surface area contributed by atoms with Gasteiger partial charge in [0.15, 0.2) is 5.76 Å². The van der Waals surface area contributed by atoms with Crippen molar-refractivity contribution in [3.63, 3.8) is 0 Å². The van der Waals surface area contributed by atoms with Crippen LogP contribution in [-0.2, 0) is 4.74 Å². The van der Waals surface area contributed by atoms with Crippen LogP contribution in [0.25, 0.3) is 16.9 Å². The van der Waals surface area contributed by atoms with Gasteiger partial charge in [-0.2, -0.15) is 5.26 Å². The summed E-state index contributed by atoms with van der Waals surface area (Å²) in [7, 11) is 1.54. The molecule has 0 unspecified atom stereocenters. The van der Waals surface area contributed by atoms with Crippen LogP contribution in [0, 0.1) is 17.1 Å². The molecule has 4 rings (SSSR count). The van der Waals surface area contributed by atoms with E-state index in [4.69, 9.17) is 19.0 Å². The number of nitrogens with zero attached hydrogens (tertiary/aromatic N) is 3. The summed E-state index contributed by atoms with van der Waals surface area (Å²) in [4.78, 5) is 17.9. The number of carbonyl (C=O) groups is 1. The molecule has 1 aromatic heterocycles. The molecule has 1 N–H and O–H groups in total. The quantitative estimate of drug-likeness (QED) is 0.343. The fourth-order valence-electron chi connectivity index (χ4n) is 4.63. The molecule has 0 spiro atoms. The highest BCUT2D eigenvalue weighted by molar-refractivity contribution is 5.94. The third-order valence-electron chi connectivity index (χ3n) is 6.72. The zero-order valence-electron chi connectivity index (χ0n) is 22.9. The number of benzene rings is 2. The lowest BCUT2D eigenvalue weighted by atomic mass is 9.96. The number of nitriles is 1. The third kappa shape index (κ3) is 6.14. The first kappa shape index (κ1) is 28.7. The molecular weight excluding hydrogens is 513 g/mol. The Balaban J connectivity index is 1.69. The predicted octanol–water partition coefficient (Wildman–Crippen LogP) is 5.75. The normalized spacial score (nSPS) is 13.4. The van der Waals surface area contributed by atoms with E-state index in [2.05, 4.69) is 17.8 Å². The summed E-state index contributed by atoms with van der Waals surface area (Å²) in [5, 5.41) is 19.0. The first-order valence-corrected chi connectivity index (χ1v) is 13.0. The zero-order valence-corrected chi connectivity index (χ0v) is 22.9. The van der Waals surface area contributed by atoms with Gasteiger partial charge in [-0.15, -0.1) is 0 Å². The summed E-state index contributed by atoms with van der Waals surface area (Å²) in [5.74, 6) is 0.0668. The molecule has 0 aliphatic carbocycles. The second-order valence-corrected chi connectivity index (χ2v) is 9.76. The second-order valence-electron chi connectivity index (χ2n) is 9.76. The molecule has 0 bridgehead atoms. The zero-order chi connectivity index (χ0) is 28.8. The summed E-state index contributed by atoms with van der Waals surface area (Å²) in [6.45, 7) is 8.69. The van der Waals surface area contributed by atoms with Gasteiger partial charge < -0.3 is 23.9 Å². The maximum atomic E-state index is 15.2. The van der Waals surface area contributed by atoms with E-state index in [1.54, 1.807) is 18.2 Å². The van der Waals surface area contributed by atoms with Gasteiger partial charge in [0, 0.05) is 43.6 Å². The first-order chi connectivity index (χ1) is 19.3. The number of hydrogen-bond acceptors (Lipinski definition) is 7. The molecule has 0 atom stereocenters.